The maximum Gasteiger partial charge on any atom is 0.242 e. The Morgan fingerprint density at radius 1 is 1.26 bits per heavy atom. The summed E-state index contributed by atoms with van der Waals surface area (Å²) in [6, 6.07) is 7.95. The molecule has 2 rings (SSSR count). The summed E-state index contributed by atoms with van der Waals surface area (Å²) < 4.78 is 5.43. The van der Waals surface area contributed by atoms with Crippen LogP contribution in [0.1, 0.15) is 18.4 Å². The molecule has 10 nitrogen and oxygen atoms in total. The molecule has 0 bridgehead atoms. The first kappa shape index (κ1) is 24.0. The van der Waals surface area contributed by atoms with Gasteiger partial charge >= 0.3 is 0 Å². The molecular formula is C21H33N7O3. The molecule has 7 N–H and O–H groups in total. The van der Waals surface area contributed by atoms with Crippen LogP contribution in [0.15, 0.2) is 41.0 Å². The average Bonchev–Trinajstić information content (AvgIpc) is 2.79. The molecule has 0 atom stereocenters. The number of methoxy groups -OCH3 is 1. The maximum absolute atomic E-state index is 12.4. The number of guanidine groups is 1. The normalized spacial score (nSPS) is 14.6. The van der Waals surface area contributed by atoms with Crippen molar-refractivity contribution in [2.75, 3.05) is 40.3 Å². The van der Waals surface area contributed by atoms with Gasteiger partial charge in [-0.15, -0.1) is 0 Å². The van der Waals surface area contributed by atoms with Crippen LogP contribution in [0.4, 0.5) is 0 Å². The molecular weight excluding hydrogens is 398 g/mol. The van der Waals surface area contributed by atoms with Gasteiger partial charge in [0.25, 0.3) is 0 Å². The number of carbonyl (C=O) groups is 2. The Morgan fingerprint density at radius 3 is 2.61 bits per heavy atom. The second-order valence-corrected chi connectivity index (χ2v) is 7.22. The number of ether oxygens (including phenoxy) is 1. The molecule has 0 spiro atoms. The van der Waals surface area contributed by atoms with Gasteiger partial charge in [0.2, 0.25) is 11.8 Å². The number of nitrogens with zero attached hydrogens (tertiary/aromatic N) is 2. The van der Waals surface area contributed by atoms with Gasteiger partial charge in [-0.05, 0) is 30.9 Å². The lowest BCUT2D eigenvalue weighted by molar-refractivity contribution is -0.133. The van der Waals surface area contributed by atoms with E-state index in [9.17, 15) is 9.59 Å². The van der Waals surface area contributed by atoms with Crippen molar-refractivity contribution in [3.63, 3.8) is 0 Å². The monoisotopic (exact) mass is 431 g/mol. The number of rotatable bonds is 10. The Kier molecular flexibility index (Phi) is 9.63. The summed E-state index contributed by atoms with van der Waals surface area (Å²) in [6.07, 6.45) is 4.58. The number of para-hydroxylation sites is 1. The van der Waals surface area contributed by atoms with Gasteiger partial charge in [-0.1, -0.05) is 24.3 Å². The van der Waals surface area contributed by atoms with Gasteiger partial charge in [0, 0.05) is 31.8 Å². The number of nitrogens with one attached hydrogen (secondary N) is 3. The minimum Gasteiger partial charge on any atom is -0.496 e. The maximum atomic E-state index is 12.4. The van der Waals surface area contributed by atoms with Crippen molar-refractivity contribution in [1.29, 1.82) is 0 Å². The average molecular weight is 432 g/mol. The van der Waals surface area contributed by atoms with Crippen LogP contribution in [0.25, 0.3) is 0 Å². The van der Waals surface area contributed by atoms with E-state index in [1.165, 1.54) is 0 Å². The van der Waals surface area contributed by atoms with Crippen molar-refractivity contribution < 1.29 is 14.3 Å². The second kappa shape index (κ2) is 12.4. The third-order valence-corrected chi connectivity index (χ3v) is 5.13. The molecule has 1 aliphatic heterocycles. The highest BCUT2D eigenvalue weighted by Crippen LogP contribution is 2.25. The van der Waals surface area contributed by atoms with E-state index < -0.39 is 5.91 Å². The molecule has 1 aromatic carbocycles. The van der Waals surface area contributed by atoms with Crippen LogP contribution in [-0.4, -0.2) is 63.0 Å². The number of likely N-dealkylation sites (tertiary alicyclic amines) is 1. The summed E-state index contributed by atoms with van der Waals surface area (Å²) >= 11 is 0. The van der Waals surface area contributed by atoms with E-state index in [0.29, 0.717) is 19.0 Å². The largest absolute Gasteiger partial charge is 0.496 e. The lowest BCUT2D eigenvalue weighted by Gasteiger charge is -2.33. The van der Waals surface area contributed by atoms with E-state index in [-0.39, 0.29) is 25.0 Å². The van der Waals surface area contributed by atoms with E-state index in [4.69, 9.17) is 16.2 Å². The van der Waals surface area contributed by atoms with Gasteiger partial charge in [-0.3, -0.25) is 9.59 Å². The SMILES string of the molecule is CNN/C(=C\Cc1ccccc1OC)C1CCN(C(=O)CNC(=O)CN=C(N)N)CC1. The van der Waals surface area contributed by atoms with Gasteiger partial charge in [0.05, 0.1) is 13.7 Å². The van der Waals surface area contributed by atoms with Gasteiger partial charge in [0.15, 0.2) is 5.96 Å². The molecule has 1 aliphatic rings. The number of nitrogens with two attached hydrogens (primary N) is 2. The van der Waals surface area contributed by atoms with Crippen molar-refractivity contribution >= 4 is 17.8 Å². The Balaban J connectivity index is 1.87. The Bertz CT molecular complexity index is 798. The predicted octanol–water partition coefficient (Wildman–Crippen LogP) is -0.526. The third kappa shape index (κ3) is 7.82. The highest BCUT2D eigenvalue weighted by Gasteiger charge is 2.25. The Morgan fingerprint density at radius 2 is 1.97 bits per heavy atom. The topological polar surface area (TPSA) is 147 Å². The van der Waals surface area contributed by atoms with Gasteiger partial charge < -0.3 is 31.8 Å². The molecule has 1 heterocycles. The van der Waals surface area contributed by atoms with E-state index >= 15 is 0 Å². The fourth-order valence-corrected chi connectivity index (χ4v) is 3.50. The summed E-state index contributed by atoms with van der Waals surface area (Å²) in [4.78, 5) is 29.4. The molecule has 0 unspecified atom stereocenters. The van der Waals surface area contributed by atoms with E-state index in [2.05, 4.69) is 33.3 Å². The van der Waals surface area contributed by atoms with Crippen molar-refractivity contribution in [3.05, 3.63) is 41.6 Å². The van der Waals surface area contributed by atoms with Crippen molar-refractivity contribution in [2.24, 2.45) is 22.4 Å². The van der Waals surface area contributed by atoms with Crippen LogP contribution in [-0.2, 0) is 16.0 Å². The number of hydrazine groups is 1. The number of hydrogen-bond acceptors (Lipinski definition) is 6. The van der Waals surface area contributed by atoms with Crippen molar-refractivity contribution in [1.82, 2.24) is 21.1 Å². The fraction of sp³-hybridized carbons (Fsp3) is 0.476. The van der Waals surface area contributed by atoms with Gasteiger partial charge in [-0.2, -0.15) is 0 Å². The summed E-state index contributed by atoms with van der Waals surface area (Å²) in [5.74, 6) is 0.509. The molecule has 0 saturated carbocycles. The molecule has 0 aromatic heterocycles. The number of carbonyl (C=O) groups excluding carboxylic acids is 2. The molecule has 2 amide bonds. The number of aliphatic imine (C=N–C) groups is 1. The zero-order chi connectivity index (χ0) is 22.6. The molecule has 1 saturated heterocycles. The minimum absolute atomic E-state index is 0.0608. The molecule has 10 heteroatoms. The van der Waals surface area contributed by atoms with E-state index in [1.54, 1.807) is 12.0 Å². The van der Waals surface area contributed by atoms with Crippen LogP contribution in [0.5, 0.6) is 5.75 Å². The lowest BCUT2D eigenvalue weighted by Crippen LogP contribution is -2.45. The fourth-order valence-electron chi connectivity index (χ4n) is 3.50. The van der Waals surface area contributed by atoms with Crippen molar-refractivity contribution in [2.45, 2.75) is 19.3 Å². The number of benzene rings is 1. The number of hydrogen-bond donors (Lipinski definition) is 5. The molecule has 1 aromatic rings. The van der Waals surface area contributed by atoms with E-state index in [0.717, 1.165) is 36.3 Å². The summed E-state index contributed by atoms with van der Waals surface area (Å²) in [6.45, 7) is 1.01. The quantitative estimate of drug-likeness (QED) is 0.190. The predicted molar refractivity (Wildman–Crippen MR) is 120 cm³/mol. The zero-order valence-corrected chi connectivity index (χ0v) is 18.2. The molecule has 170 valence electrons. The van der Waals surface area contributed by atoms with Crippen LogP contribution < -0.4 is 32.4 Å². The highest BCUT2D eigenvalue weighted by molar-refractivity contribution is 5.87. The standard InChI is InChI=1S/C21H33N7O3/c1-24-27-17(8-7-16-5-3-4-6-18(16)31-2)15-9-11-28(12-10-15)20(30)14-25-19(29)13-26-21(22)23/h3-6,8,15,24,27H,7,9-14H2,1-2H3,(H,25,29)(H4,22,23,26)/b17-8-. The number of amides is 2. The van der Waals surface area contributed by atoms with E-state index in [1.807, 2.05) is 25.2 Å². The Hall–Kier alpha value is -3.27. The zero-order valence-electron chi connectivity index (χ0n) is 18.2. The highest BCUT2D eigenvalue weighted by atomic mass is 16.5. The molecule has 0 aliphatic carbocycles. The van der Waals surface area contributed by atoms with Crippen molar-refractivity contribution in [3.8, 4) is 5.75 Å². The molecule has 31 heavy (non-hydrogen) atoms. The number of allylic oxidation sites excluding steroid dienone is 2. The van der Waals surface area contributed by atoms with Crippen LogP contribution in [0.3, 0.4) is 0 Å². The summed E-state index contributed by atoms with van der Waals surface area (Å²) in [5.41, 5.74) is 18.9. The summed E-state index contributed by atoms with van der Waals surface area (Å²) in [7, 11) is 3.51. The number of piperidine rings is 1. The van der Waals surface area contributed by atoms with Crippen LogP contribution in [0, 0.1) is 5.92 Å². The van der Waals surface area contributed by atoms with Crippen LogP contribution >= 0.6 is 0 Å². The molecule has 0 radical (unpaired) electrons. The lowest BCUT2D eigenvalue weighted by atomic mass is 9.92. The first-order chi connectivity index (χ1) is 14.9. The van der Waals surface area contributed by atoms with Crippen LogP contribution in [0.2, 0.25) is 0 Å². The Labute approximate surface area is 183 Å². The molecule has 1 fully saturated rings. The minimum atomic E-state index is -0.392. The third-order valence-electron chi connectivity index (χ3n) is 5.13. The van der Waals surface area contributed by atoms with Gasteiger partial charge in [0.1, 0.15) is 12.3 Å². The first-order valence-corrected chi connectivity index (χ1v) is 10.3. The summed E-state index contributed by atoms with van der Waals surface area (Å²) in [5, 5.41) is 2.54. The first-order valence-electron chi connectivity index (χ1n) is 10.3. The smallest absolute Gasteiger partial charge is 0.242 e. The van der Waals surface area contributed by atoms with Gasteiger partial charge in [-0.25, -0.2) is 10.4 Å². The second-order valence-electron chi connectivity index (χ2n) is 7.22.